The highest BCUT2D eigenvalue weighted by atomic mass is 16.5. The molecule has 0 aliphatic heterocycles. The molecule has 26 heavy (non-hydrogen) atoms. The van der Waals surface area contributed by atoms with Gasteiger partial charge in [0, 0.05) is 18.2 Å². The molecule has 0 saturated heterocycles. The molecule has 1 aliphatic carbocycles. The predicted molar refractivity (Wildman–Crippen MR) is 97.2 cm³/mol. The van der Waals surface area contributed by atoms with Crippen molar-refractivity contribution < 1.29 is 9.53 Å². The van der Waals surface area contributed by atoms with Crippen molar-refractivity contribution in [2.24, 2.45) is 0 Å². The fourth-order valence-electron chi connectivity index (χ4n) is 2.94. The van der Waals surface area contributed by atoms with Crippen LogP contribution in [0.2, 0.25) is 0 Å². The number of carbonyl (C=O) groups excluding carboxylic acids is 1. The number of ether oxygens (including phenoxy) is 1. The molecule has 3 aromatic rings. The van der Waals surface area contributed by atoms with Crippen LogP contribution in [0.4, 0.5) is 0 Å². The lowest BCUT2D eigenvalue weighted by Gasteiger charge is -2.23. The second kappa shape index (κ2) is 7.00. The summed E-state index contributed by atoms with van der Waals surface area (Å²) in [4.78, 5) is 18.9. The van der Waals surface area contributed by atoms with Gasteiger partial charge in [0.05, 0.1) is 12.8 Å². The zero-order valence-electron chi connectivity index (χ0n) is 14.6. The van der Waals surface area contributed by atoms with Gasteiger partial charge >= 0.3 is 0 Å². The number of nitrogens with zero attached hydrogens (tertiary/aromatic N) is 4. The van der Waals surface area contributed by atoms with E-state index in [9.17, 15) is 4.79 Å². The average Bonchev–Trinajstić information content (AvgIpc) is 3.39. The molecule has 0 bridgehead atoms. The fourth-order valence-corrected chi connectivity index (χ4v) is 2.94. The fraction of sp³-hybridized carbons (Fsp3) is 0.250. The van der Waals surface area contributed by atoms with Crippen LogP contribution in [-0.2, 0) is 6.54 Å². The van der Waals surface area contributed by atoms with E-state index in [0.717, 1.165) is 29.8 Å². The van der Waals surface area contributed by atoms with Crippen molar-refractivity contribution in [3.05, 3.63) is 72.3 Å². The van der Waals surface area contributed by atoms with E-state index in [-0.39, 0.29) is 5.91 Å². The lowest BCUT2D eigenvalue weighted by molar-refractivity contribution is 0.0730. The standard InChI is InChI=1S/C20H20N4O2/c1-26-19-10-2-15(3-11-19)12-23(17-8-9-17)20(25)16-4-6-18(7-5-16)24-14-21-13-22-24/h2-7,10-11,13-14,17H,8-9,12H2,1H3. The summed E-state index contributed by atoms with van der Waals surface area (Å²) < 4.78 is 6.87. The molecule has 0 radical (unpaired) electrons. The van der Waals surface area contributed by atoms with Gasteiger partial charge in [-0.05, 0) is 54.8 Å². The van der Waals surface area contributed by atoms with Crippen LogP contribution >= 0.6 is 0 Å². The van der Waals surface area contributed by atoms with E-state index in [4.69, 9.17) is 4.74 Å². The van der Waals surface area contributed by atoms with Crippen molar-refractivity contribution in [2.45, 2.75) is 25.4 Å². The van der Waals surface area contributed by atoms with E-state index in [0.29, 0.717) is 18.2 Å². The number of benzene rings is 2. The van der Waals surface area contributed by atoms with Crippen LogP contribution in [-0.4, -0.2) is 38.7 Å². The van der Waals surface area contributed by atoms with Crippen LogP contribution in [0, 0.1) is 0 Å². The van der Waals surface area contributed by atoms with Gasteiger partial charge in [-0.2, -0.15) is 5.10 Å². The minimum Gasteiger partial charge on any atom is -0.497 e. The first-order chi connectivity index (χ1) is 12.7. The summed E-state index contributed by atoms with van der Waals surface area (Å²) in [6.45, 7) is 0.609. The number of methoxy groups -OCH3 is 1. The lowest BCUT2D eigenvalue weighted by Crippen LogP contribution is -2.32. The Hall–Kier alpha value is -3.15. The molecule has 6 nitrogen and oxygen atoms in total. The Morgan fingerprint density at radius 1 is 1.15 bits per heavy atom. The Balaban J connectivity index is 1.51. The summed E-state index contributed by atoms with van der Waals surface area (Å²) in [6.07, 6.45) is 5.26. The first-order valence-electron chi connectivity index (χ1n) is 8.63. The third-order valence-electron chi connectivity index (χ3n) is 4.56. The third-order valence-corrected chi connectivity index (χ3v) is 4.56. The first-order valence-corrected chi connectivity index (χ1v) is 8.63. The van der Waals surface area contributed by atoms with Crippen LogP contribution in [0.25, 0.3) is 5.69 Å². The normalized spacial score (nSPS) is 13.4. The Bertz CT molecular complexity index is 869. The highest BCUT2D eigenvalue weighted by Crippen LogP contribution is 2.30. The van der Waals surface area contributed by atoms with Crippen LogP contribution < -0.4 is 4.74 Å². The van der Waals surface area contributed by atoms with Gasteiger partial charge < -0.3 is 9.64 Å². The SMILES string of the molecule is COc1ccc(CN(C(=O)c2ccc(-n3cncn3)cc2)C2CC2)cc1. The van der Waals surface area contributed by atoms with Crippen molar-refractivity contribution in [3.63, 3.8) is 0 Å². The van der Waals surface area contributed by atoms with Crippen LogP contribution in [0.5, 0.6) is 5.75 Å². The van der Waals surface area contributed by atoms with Crippen LogP contribution in [0.1, 0.15) is 28.8 Å². The summed E-state index contributed by atoms with van der Waals surface area (Å²) >= 11 is 0. The predicted octanol–water partition coefficient (Wildman–Crippen LogP) is 3.08. The molecule has 6 heteroatoms. The second-order valence-corrected chi connectivity index (χ2v) is 6.40. The summed E-state index contributed by atoms with van der Waals surface area (Å²) in [6, 6.07) is 15.7. The van der Waals surface area contributed by atoms with Gasteiger partial charge in [-0.15, -0.1) is 0 Å². The number of hydrogen-bond acceptors (Lipinski definition) is 4. The van der Waals surface area contributed by atoms with Crippen molar-refractivity contribution in [3.8, 4) is 11.4 Å². The van der Waals surface area contributed by atoms with Crippen LogP contribution in [0.15, 0.2) is 61.2 Å². The first kappa shape index (κ1) is 16.3. The molecule has 1 heterocycles. The molecular formula is C20H20N4O2. The Morgan fingerprint density at radius 3 is 2.46 bits per heavy atom. The van der Waals surface area contributed by atoms with E-state index in [1.165, 1.54) is 6.33 Å². The van der Waals surface area contributed by atoms with Gasteiger partial charge in [0.15, 0.2) is 0 Å². The molecule has 0 spiro atoms. The molecule has 0 unspecified atom stereocenters. The molecular weight excluding hydrogens is 328 g/mol. The van der Waals surface area contributed by atoms with Gasteiger partial charge in [0.1, 0.15) is 18.4 Å². The average molecular weight is 348 g/mol. The van der Waals surface area contributed by atoms with Crippen LogP contribution in [0.3, 0.4) is 0 Å². The monoisotopic (exact) mass is 348 g/mol. The molecule has 1 amide bonds. The van der Waals surface area contributed by atoms with Crippen molar-refractivity contribution in [1.29, 1.82) is 0 Å². The van der Waals surface area contributed by atoms with E-state index in [2.05, 4.69) is 10.1 Å². The largest absolute Gasteiger partial charge is 0.497 e. The molecule has 1 aromatic heterocycles. The zero-order chi connectivity index (χ0) is 17.9. The van der Waals surface area contributed by atoms with E-state index >= 15 is 0 Å². The third kappa shape index (κ3) is 3.44. The molecule has 0 atom stereocenters. The van der Waals surface area contributed by atoms with Crippen molar-refractivity contribution in [1.82, 2.24) is 19.7 Å². The molecule has 1 fully saturated rings. The van der Waals surface area contributed by atoms with Gasteiger partial charge in [-0.1, -0.05) is 12.1 Å². The topological polar surface area (TPSA) is 60.2 Å². The molecule has 1 saturated carbocycles. The number of aromatic nitrogens is 3. The minimum absolute atomic E-state index is 0.0634. The van der Waals surface area contributed by atoms with Gasteiger partial charge in [-0.3, -0.25) is 4.79 Å². The molecule has 1 aliphatic rings. The molecule has 4 rings (SSSR count). The van der Waals surface area contributed by atoms with Gasteiger partial charge in [-0.25, -0.2) is 9.67 Å². The number of hydrogen-bond donors (Lipinski definition) is 0. The van der Waals surface area contributed by atoms with Crippen molar-refractivity contribution in [2.75, 3.05) is 7.11 Å². The summed E-state index contributed by atoms with van der Waals surface area (Å²) in [5.74, 6) is 0.884. The van der Waals surface area contributed by atoms with E-state index in [1.54, 1.807) is 18.1 Å². The zero-order valence-corrected chi connectivity index (χ0v) is 14.6. The molecule has 2 aromatic carbocycles. The van der Waals surface area contributed by atoms with Gasteiger partial charge in [0.2, 0.25) is 0 Å². The number of carbonyl (C=O) groups is 1. The highest BCUT2D eigenvalue weighted by Gasteiger charge is 2.33. The maximum atomic E-state index is 13.0. The van der Waals surface area contributed by atoms with E-state index in [1.807, 2.05) is 53.4 Å². The number of rotatable bonds is 6. The Labute approximate surface area is 152 Å². The lowest BCUT2D eigenvalue weighted by atomic mass is 10.1. The smallest absolute Gasteiger partial charge is 0.254 e. The quantitative estimate of drug-likeness (QED) is 0.687. The number of amides is 1. The maximum absolute atomic E-state index is 13.0. The Kier molecular flexibility index (Phi) is 4.39. The molecule has 132 valence electrons. The van der Waals surface area contributed by atoms with E-state index < -0.39 is 0 Å². The summed E-state index contributed by atoms with van der Waals surface area (Å²) in [5.41, 5.74) is 2.67. The second-order valence-electron chi connectivity index (χ2n) is 6.40. The minimum atomic E-state index is 0.0634. The summed E-state index contributed by atoms with van der Waals surface area (Å²) in [7, 11) is 1.65. The maximum Gasteiger partial charge on any atom is 0.254 e. The molecule has 0 N–H and O–H groups in total. The Morgan fingerprint density at radius 2 is 1.88 bits per heavy atom. The highest BCUT2D eigenvalue weighted by molar-refractivity contribution is 5.94. The summed E-state index contributed by atoms with van der Waals surface area (Å²) in [5, 5.41) is 4.10. The van der Waals surface area contributed by atoms with Gasteiger partial charge in [0.25, 0.3) is 5.91 Å². The van der Waals surface area contributed by atoms with Crippen molar-refractivity contribution >= 4 is 5.91 Å².